The van der Waals surface area contributed by atoms with Crippen LogP contribution in [0.15, 0.2) is 18.2 Å². The molecule has 118 valence electrons. The molecule has 1 aromatic carbocycles. The van der Waals surface area contributed by atoms with Gasteiger partial charge in [-0.1, -0.05) is 0 Å². The number of esters is 1. The molecule has 0 bridgehead atoms. The summed E-state index contributed by atoms with van der Waals surface area (Å²) in [5.74, 6) is -1.62. The van der Waals surface area contributed by atoms with Crippen LogP contribution in [0.4, 0.5) is 26.3 Å². The third-order valence-corrected chi connectivity index (χ3v) is 2.22. The lowest BCUT2D eigenvalue weighted by molar-refractivity contribution is -0.145. The van der Waals surface area contributed by atoms with Gasteiger partial charge < -0.3 is 9.47 Å². The minimum Gasteiger partial charge on any atom is -0.482 e. The zero-order chi connectivity index (χ0) is 16.3. The predicted octanol–water partition coefficient (Wildman–Crippen LogP) is 3.67. The highest BCUT2D eigenvalue weighted by Crippen LogP contribution is 2.38. The van der Waals surface area contributed by atoms with E-state index in [1.807, 2.05) is 0 Å². The average Bonchev–Trinajstić information content (AvgIpc) is 2.34. The van der Waals surface area contributed by atoms with Crippen LogP contribution in [0.5, 0.6) is 5.75 Å². The fourth-order valence-corrected chi connectivity index (χ4v) is 1.35. The molecule has 9 heteroatoms. The van der Waals surface area contributed by atoms with Gasteiger partial charge in [-0.2, -0.15) is 26.3 Å². The molecule has 21 heavy (non-hydrogen) atoms. The highest BCUT2D eigenvalue weighted by atomic mass is 19.4. The van der Waals surface area contributed by atoms with Crippen LogP contribution >= 0.6 is 0 Å². The third kappa shape index (κ3) is 5.16. The summed E-state index contributed by atoms with van der Waals surface area (Å²) in [6.07, 6.45) is -9.94. The molecule has 0 aliphatic carbocycles. The van der Waals surface area contributed by atoms with Gasteiger partial charge in [-0.15, -0.1) is 0 Å². The fraction of sp³-hybridized carbons (Fsp3) is 0.417. The van der Waals surface area contributed by atoms with Crippen molar-refractivity contribution < 1.29 is 40.6 Å². The van der Waals surface area contributed by atoms with Gasteiger partial charge in [0, 0.05) is 0 Å². The first-order valence-electron chi connectivity index (χ1n) is 5.62. The number of carbonyl (C=O) groups excluding carboxylic acids is 1. The van der Waals surface area contributed by atoms with E-state index in [9.17, 15) is 31.1 Å². The minimum absolute atomic E-state index is 0.0125. The summed E-state index contributed by atoms with van der Waals surface area (Å²) in [6, 6.07) is 0.736. The second kappa shape index (κ2) is 6.23. The summed E-state index contributed by atoms with van der Waals surface area (Å²) in [5, 5.41) is 0. The SMILES string of the molecule is CCOC(=O)COc1cc(C(F)(F)F)cc(C(F)(F)F)c1. The fourth-order valence-electron chi connectivity index (χ4n) is 1.35. The van der Waals surface area contributed by atoms with E-state index < -0.39 is 41.8 Å². The smallest absolute Gasteiger partial charge is 0.416 e. The quantitative estimate of drug-likeness (QED) is 0.628. The summed E-state index contributed by atoms with van der Waals surface area (Å²) in [4.78, 5) is 11.0. The first kappa shape index (κ1) is 17.1. The number of rotatable bonds is 4. The van der Waals surface area contributed by atoms with Crippen LogP contribution < -0.4 is 4.74 Å². The second-order valence-corrected chi connectivity index (χ2v) is 3.84. The van der Waals surface area contributed by atoms with Gasteiger partial charge in [0.05, 0.1) is 17.7 Å². The van der Waals surface area contributed by atoms with Crippen molar-refractivity contribution >= 4 is 5.97 Å². The van der Waals surface area contributed by atoms with Crippen molar-refractivity contribution in [3.05, 3.63) is 29.3 Å². The Morgan fingerprint density at radius 3 is 1.86 bits per heavy atom. The van der Waals surface area contributed by atoms with Crippen LogP contribution in [-0.4, -0.2) is 19.2 Å². The molecule has 0 heterocycles. The Kier molecular flexibility index (Phi) is 5.08. The predicted molar refractivity (Wildman–Crippen MR) is 58.6 cm³/mol. The average molecular weight is 316 g/mol. The molecular weight excluding hydrogens is 306 g/mol. The Bertz CT molecular complexity index is 474. The van der Waals surface area contributed by atoms with Crippen molar-refractivity contribution in [2.45, 2.75) is 19.3 Å². The Morgan fingerprint density at radius 2 is 1.48 bits per heavy atom. The summed E-state index contributed by atoms with van der Waals surface area (Å²) in [5.41, 5.74) is -3.03. The van der Waals surface area contributed by atoms with Gasteiger partial charge >= 0.3 is 18.3 Å². The van der Waals surface area contributed by atoms with Crippen molar-refractivity contribution in [1.82, 2.24) is 0 Å². The number of halogens is 6. The number of carbonyl (C=O) groups is 1. The molecule has 0 aromatic heterocycles. The van der Waals surface area contributed by atoms with Crippen LogP contribution in [-0.2, 0) is 21.9 Å². The van der Waals surface area contributed by atoms with Gasteiger partial charge in [0.25, 0.3) is 0 Å². The number of hydrogen-bond donors (Lipinski definition) is 0. The molecular formula is C12H10F6O3. The molecule has 0 aliphatic rings. The van der Waals surface area contributed by atoms with E-state index in [1.54, 1.807) is 0 Å². The maximum absolute atomic E-state index is 12.5. The Balaban J connectivity index is 3.06. The Morgan fingerprint density at radius 1 is 1.00 bits per heavy atom. The van der Waals surface area contributed by atoms with Crippen molar-refractivity contribution in [2.75, 3.05) is 13.2 Å². The molecule has 0 saturated carbocycles. The summed E-state index contributed by atoms with van der Waals surface area (Å²) in [7, 11) is 0. The highest BCUT2D eigenvalue weighted by Gasteiger charge is 2.37. The van der Waals surface area contributed by atoms with Gasteiger partial charge in [-0.3, -0.25) is 0 Å². The zero-order valence-electron chi connectivity index (χ0n) is 10.6. The standard InChI is InChI=1S/C12H10F6O3/c1-2-20-10(19)6-21-9-4-7(11(13,14)15)3-8(5-9)12(16,17)18/h3-5H,2,6H2,1H3. The maximum atomic E-state index is 12.5. The molecule has 0 radical (unpaired) electrons. The number of benzene rings is 1. The Labute approximate surface area is 115 Å². The van der Waals surface area contributed by atoms with Crippen molar-refractivity contribution in [3.63, 3.8) is 0 Å². The summed E-state index contributed by atoms with van der Waals surface area (Å²) < 4.78 is 84.3. The van der Waals surface area contributed by atoms with E-state index >= 15 is 0 Å². The van der Waals surface area contributed by atoms with Crippen molar-refractivity contribution in [1.29, 1.82) is 0 Å². The van der Waals surface area contributed by atoms with E-state index in [-0.39, 0.29) is 12.7 Å². The second-order valence-electron chi connectivity index (χ2n) is 3.84. The molecule has 1 aromatic rings. The monoisotopic (exact) mass is 316 g/mol. The molecule has 0 fully saturated rings. The molecule has 0 amide bonds. The molecule has 3 nitrogen and oxygen atoms in total. The number of ether oxygens (including phenoxy) is 2. The van der Waals surface area contributed by atoms with Crippen molar-refractivity contribution in [2.24, 2.45) is 0 Å². The molecule has 0 spiro atoms. The molecule has 1 rings (SSSR count). The first-order valence-corrected chi connectivity index (χ1v) is 5.62. The lowest BCUT2D eigenvalue weighted by Gasteiger charge is -2.14. The number of alkyl halides is 6. The van der Waals surface area contributed by atoms with Gasteiger partial charge in [0.15, 0.2) is 6.61 Å². The summed E-state index contributed by atoms with van der Waals surface area (Å²) >= 11 is 0. The van der Waals surface area contributed by atoms with E-state index in [2.05, 4.69) is 9.47 Å². The van der Waals surface area contributed by atoms with E-state index in [0.717, 1.165) is 0 Å². The van der Waals surface area contributed by atoms with E-state index in [4.69, 9.17) is 0 Å². The van der Waals surface area contributed by atoms with Crippen LogP contribution in [0.1, 0.15) is 18.1 Å². The molecule has 0 saturated heterocycles. The lowest BCUT2D eigenvalue weighted by atomic mass is 10.1. The lowest BCUT2D eigenvalue weighted by Crippen LogP contribution is -2.16. The minimum atomic E-state index is -4.97. The van der Waals surface area contributed by atoms with Crippen molar-refractivity contribution in [3.8, 4) is 5.75 Å². The topological polar surface area (TPSA) is 35.5 Å². The first-order chi connectivity index (χ1) is 9.54. The Hall–Kier alpha value is -1.93. The van der Waals surface area contributed by atoms with Gasteiger partial charge in [-0.25, -0.2) is 4.79 Å². The molecule has 0 aliphatic heterocycles. The largest absolute Gasteiger partial charge is 0.482 e. The molecule has 0 N–H and O–H groups in total. The van der Waals surface area contributed by atoms with Gasteiger partial charge in [0.1, 0.15) is 5.75 Å². The van der Waals surface area contributed by atoms with Gasteiger partial charge in [0.2, 0.25) is 0 Å². The maximum Gasteiger partial charge on any atom is 0.416 e. The normalized spacial score (nSPS) is 12.1. The summed E-state index contributed by atoms with van der Waals surface area (Å²) in [6.45, 7) is 0.717. The van der Waals surface area contributed by atoms with Gasteiger partial charge in [-0.05, 0) is 25.1 Å². The molecule has 0 unspecified atom stereocenters. The van der Waals surface area contributed by atoms with Crippen LogP contribution in [0, 0.1) is 0 Å². The third-order valence-electron chi connectivity index (χ3n) is 2.22. The van der Waals surface area contributed by atoms with E-state index in [0.29, 0.717) is 12.1 Å². The van der Waals surface area contributed by atoms with Crippen LogP contribution in [0.25, 0.3) is 0 Å². The highest BCUT2D eigenvalue weighted by molar-refractivity contribution is 5.71. The van der Waals surface area contributed by atoms with E-state index in [1.165, 1.54) is 6.92 Å². The number of hydrogen-bond acceptors (Lipinski definition) is 3. The zero-order valence-corrected chi connectivity index (χ0v) is 10.6. The van der Waals surface area contributed by atoms with Crippen LogP contribution in [0.3, 0.4) is 0 Å². The van der Waals surface area contributed by atoms with Crippen LogP contribution in [0.2, 0.25) is 0 Å². The molecule has 0 atom stereocenters.